The number of hydrogen-bond acceptors (Lipinski definition) is 5. The number of benzene rings is 2. The van der Waals surface area contributed by atoms with Gasteiger partial charge in [0.15, 0.2) is 0 Å². The van der Waals surface area contributed by atoms with Gasteiger partial charge in [-0.3, -0.25) is 9.69 Å². The van der Waals surface area contributed by atoms with Crippen LogP contribution in [0, 0.1) is 24.1 Å². The second-order valence-corrected chi connectivity index (χ2v) is 14.6. The second kappa shape index (κ2) is 12.9. The van der Waals surface area contributed by atoms with Crippen LogP contribution in [0.25, 0.3) is 0 Å². The zero-order valence-corrected chi connectivity index (χ0v) is 26.6. The lowest BCUT2D eigenvalue weighted by atomic mass is 9.85. The zero-order valence-electron chi connectivity index (χ0n) is 25.8. The Morgan fingerprint density at radius 1 is 1.12 bits per heavy atom. The largest absolute Gasteiger partial charge is 0.480 e. The Labute approximate surface area is 254 Å². The number of carboxylic acid groups (broad SMARTS) is 1. The minimum atomic E-state index is -0.720. The monoisotopic (exact) mass is 591 g/mol. The lowest BCUT2D eigenvalue weighted by molar-refractivity contribution is -0.147. The number of likely N-dealkylation sites (tertiary alicyclic amines) is 2. The van der Waals surface area contributed by atoms with Gasteiger partial charge >= 0.3 is 5.97 Å². The maximum atomic E-state index is 13.4. The first-order valence-corrected chi connectivity index (χ1v) is 16.3. The van der Waals surface area contributed by atoms with E-state index < -0.39 is 12.0 Å². The van der Waals surface area contributed by atoms with Crippen molar-refractivity contribution in [1.29, 1.82) is 0 Å². The summed E-state index contributed by atoms with van der Waals surface area (Å²) in [4.78, 5) is 23.7. The molecule has 3 atom stereocenters. The number of piperidine rings is 1. The van der Waals surface area contributed by atoms with Gasteiger partial charge in [-0.15, -0.1) is 11.3 Å². The summed E-state index contributed by atoms with van der Waals surface area (Å²) in [5.41, 5.74) is 4.58. The molecule has 226 valence electrons. The topological polar surface area (TPSA) is 56.7 Å². The van der Waals surface area contributed by atoms with Gasteiger partial charge in [-0.1, -0.05) is 69.7 Å². The number of aliphatic carboxylic acids is 1. The number of carbonyl (C=O) groups is 1. The average Bonchev–Trinajstić information content (AvgIpc) is 3.53. The highest BCUT2D eigenvalue weighted by atomic mass is 32.1. The summed E-state index contributed by atoms with van der Waals surface area (Å²) in [5.74, 6) is 0.326. The number of carboxylic acids is 1. The molecule has 2 aliphatic heterocycles. The molecule has 7 heteroatoms. The molecule has 3 aromatic rings. The number of rotatable bonds is 9. The number of aromatic nitrogens is 1. The summed E-state index contributed by atoms with van der Waals surface area (Å²) in [6.07, 6.45) is 3.93. The van der Waals surface area contributed by atoms with Crippen LogP contribution in [-0.4, -0.2) is 64.6 Å². The van der Waals surface area contributed by atoms with Gasteiger partial charge in [0.2, 0.25) is 0 Å². The molecular weight excluding hydrogens is 545 g/mol. The third kappa shape index (κ3) is 7.12. The number of aryl methyl sites for hydroxylation is 2. The molecule has 1 N–H and O–H groups in total. The van der Waals surface area contributed by atoms with E-state index in [4.69, 9.17) is 4.98 Å². The summed E-state index contributed by atoms with van der Waals surface area (Å²) < 4.78 is 13.4. The van der Waals surface area contributed by atoms with Gasteiger partial charge < -0.3 is 10.0 Å². The number of hydrogen-bond donors (Lipinski definition) is 1. The van der Waals surface area contributed by atoms with Crippen molar-refractivity contribution in [3.8, 4) is 0 Å². The first-order chi connectivity index (χ1) is 20.0. The summed E-state index contributed by atoms with van der Waals surface area (Å²) in [5, 5.41) is 11.3. The van der Waals surface area contributed by atoms with Crippen molar-refractivity contribution >= 4 is 17.3 Å². The molecule has 0 spiro atoms. The molecule has 1 aromatic heterocycles. The highest BCUT2D eigenvalue weighted by molar-refractivity contribution is 7.11. The van der Waals surface area contributed by atoms with Crippen molar-refractivity contribution in [3.63, 3.8) is 0 Å². The van der Waals surface area contributed by atoms with Crippen molar-refractivity contribution in [2.24, 2.45) is 11.3 Å². The van der Waals surface area contributed by atoms with E-state index >= 15 is 0 Å². The van der Waals surface area contributed by atoms with Crippen LogP contribution in [-0.2, 0) is 17.6 Å². The van der Waals surface area contributed by atoms with E-state index in [1.807, 2.05) is 44.2 Å². The predicted molar refractivity (Wildman–Crippen MR) is 169 cm³/mol. The van der Waals surface area contributed by atoms with Crippen LogP contribution in [0.2, 0.25) is 0 Å². The SMILES string of the molecule is CCc1nc(Cc2ccc(F)cc2)sc1C1CCN(CC2CN(C(C(=O)O)C(C)(C)C)CC2c2cccc(C)c2)CC1. The van der Waals surface area contributed by atoms with Crippen molar-refractivity contribution in [2.45, 2.75) is 78.2 Å². The lowest BCUT2D eigenvalue weighted by Crippen LogP contribution is -2.48. The molecular formula is C35H46FN3O2S. The zero-order chi connectivity index (χ0) is 30.0. The minimum Gasteiger partial charge on any atom is -0.480 e. The normalized spacial score (nSPS) is 21.6. The third-order valence-corrected chi connectivity index (χ3v) is 10.4. The maximum absolute atomic E-state index is 13.4. The summed E-state index contributed by atoms with van der Waals surface area (Å²) in [6.45, 7) is 15.2. The van der Waals surface area contributed by atoms with Gasteiger partial charge in [-0.2, -0.15) is 0 Å². The fraction of sp³-hybridized carbons (Fsp3) is 0.543. The van der Waals surface area contributed by atoms with E-state index in [0.717, 1.165) is 69.0 Å². The highest BCUT2D eigenvalue weighted by Crippen LogP contribution is 2.40. The van der Waals surface area contributed by atoms with Crippen LogP contribution in [0.4, 0.5) is 4.39 Å². The molecule has 42 heavy (non-hydrogen) atoms. The molecule has 0 radical (unpaired) electrons. The van der Waals surface area contributed by atoms with Gasteiger partial charge in [0.1, 0.15) is 11.9 Å². The molecule has 0 amide bonds. The minimum absolute atomic E-state index is 0.203. The quantitative estimate of drug-likeness (QED) is 0.287. The van der Waals surface area contributed by atoms with Crippen molar-refractivity contribution in [2.75, 3.05) is 32.7 Å². The summed E-state index contributed by atoms with van der Waals surface area (Å²) in [7, 11) is 0. The molecule has 5 rings (SSSR count). The van der Waals surface area contributed by atoms with Crippen LogP contribution in [0.5, 0.6) is 0 Å². The van der Waals surface area contributed by atoms with Crippen molar-refractivity contribution in [1.82, 2.24) is 14.8 Å². The Balaban J connectivity index is 1.27. The van der Waals surface area contributed by atoms with E-state index in [1.165, 1.54) is 33.8 Å². The summed E-state index contributed by atoms with van der Waals surface area (Å²) >= 11 is 1.85. The van der Waals surface area contributed by atoms with Crippen molar-refractivity contribution < 1.29 is 14.3 Å². The van der Waals surface area contributed by atoms with Crippen LogP contribution >= 0.6 is 11.3 Å². The van der Waals surface area contributed by atoms with Crippen LogP contribution in [0.3, 0.4) is 0 Å². The molecule has 2 fully saturated rings. The van der Waals surface area contributed by atoms with Gasteiger partial charge in [0.05, 0.1) is 10.7 Å². The molecule has 2 aromatic carbocycles. The first kappa shape index (κ1) is 30.8. The second-order valence-electron chi connectivity index (χ2n) is 13.5. The lowest BCUT2D eigenvalue weighted by Gasteiger charge is -2.36. The van der Waals surface area contributed by atoms with E-state index in [2.05, 4.69) is 47.9 Å². The molecule has 0 bridgehead atoms. The van der Waals surface area contributed by atoms with E-state index in [9.17, 15) is 14.3 Å². The number of nitrogens with zero attached hydrogens (tertiary/aromatic N) is 3. The molecule has 2 aliphatic rings. The Morgan fingerprint density at radius 3 is 2.45 bits per heavy atom. The fourth-order valence-electron chi connectivity index (χ4n) is 7.20. The smallest absolute Gasteiger partial charge is 0.321 e. The molecule has 0 aliphatic carbocycles. The average molecular weight is 592 g/mol. The van der Waals surface area contributed by atoms with Gasteiger partial charge in [0.25, 0.3) is 0 Å². The first-order valence-electron chi connectivity index (χ1n) is 15.5. The van der Waals surface area contributed by atoms with E-state index in [0.29, 0.717) is 17.8 Å². The molecule has 5 nitrogen and oxygen atoms in total. The predicted octanol–water partition coefficient (Wildman–Crippen LogP) is 7.14. The fourth-order valence-corrected chi connectivity index (χ4v) is 8.56. The Morgan fingerprint density at radius 2 is 1.83 bits per heavy atom. The number of halogens is 1. The van der Waals surface area contributed by atoms with Crippen LogP contribution in [0.15, 0.2) is 48.5 Å². The Kier molecular flexibility index (Phi) is 9.50. The highest BCUT2D eigenvalue weighted by Gasteiger charge is 2.44. The standard InChI is InChI=1S/C35H46FN3O2S/c1-6-30-32(42-31(37-30)19-24-10-12-28(36)13-11-24)25-14-16-38(17-15-25)20-27-21-39(33(34(40)41)35(3,4)5)22-29(27)26-9-7-8-23(2)18-26/h7-13,18,25,27,29,33H,6,14-17,19-22H2,1-5H3,(H,40,41). The van der Waals surface area contributed by atoms with Gasteiger partial charge in [-0.25, -0.2) is 9.37 Å². The van der Waals surface area contributed by atoms with E-state index in [-0.39, 0.29) is 11.2 Å². The number of thiazole rings is 1. The van der Waals surface area contributed by atoms with Gasteiger partial charge in [0, 0.05) is 36.9 Å². The molecule has 3 unspecified atom stereocenters. The van der Waals surface area contributed by atoms with Crippen molar-refractivity contribution in [3.05, 3.63) is 86.6 Å². The van der Waals surface area contributed by atoms with Crippen LogP contribution < -0.4 is 0 Å². The Bertz CT molecular complexity index is 1360. The molecule has 0 saturated carbocycles. The Hall–Kier alpha value is -2.61. The molecule has 2 saturated heterocycles. The van der Waals surface area contributed by atoms with E-state index in [1.54, 1.807) is 0 Å². The summed E-state index contributed by atoms with van der Waals surface area (Å²) in [6, 6.07) is 15.1. The van der Waals surface area contributed by atoms with Gasteiger partial charge in [-0.05, 0) is 79.8 Å². The maximum Gasteiger partial charge on any atom is 0.321 e. The van der Waals surface area contributed by atoms with Crippen LogP contribution in [0.1, 0.15) is 84.6 Å². The molecule has 3 heterocycles. The third-order valence-electron chi connectivity index (χ3n) is 9.19.